The molecule has 2 rings (SSSR count). The van der Waals surface area contributed by atoms with Gasteiger partial charge in [-0.3, -0.25) is 4.79 Å². The number of hydrogen-bond acceptors (Lipinski definition) is 3. The van der Waals surface area contributed by atoms with E-state index in [1.807, 2.05) is 0 Å². The van der Waals surface area contributed by atoms with Crippen LogP contribution in [0.15, 0.2) is 33.4 Å². The first kappa shape index (κ1) is 11.2. The van der Waals surface area contributed by atoms with Gasteiger partial charge in [0, 0.05) is 5.38 Å². The molecule has 2 aromatic heterocycles. The van der Waals surface area contributed by atoms with Gasteiger partial charge < -0.3 is 5.32 Å². The van der Waals surface area contributed by atoms with Crippen LogP contribution in [0.4, 0.5) is 10.2 Å². The predicted octanol–water partition coefficient (Wildman–Crippen LogP) is 3.30. The number of thiophene rings is 1. The summed E-state index contributed by atoms with van der Waals surface area (Å²) in [6.45, 7) is 0. The van der Waals surface area contributed by atoms with Crippen molar-refractivity contribution in [2.75, 3.05) is 5.32 Å². The second-order valence-corrected chi connectivity index (χ2v) is 5.23. The van der Waals surface area contributed by atoms with Crippen LogP contribution in [0, 0.1) is 5.95 Å². The van der Waals surface area contributed by atoms with Crippen LogP contribution in [0.2, 0.25) is 0 Å². The van der Waals surface area contributed by atoms with Gasteiger partial charge in [0.1, 0.15) is 5.82 Å². The van der Waals surface area contributed by atoms with Crippen LogP contribution in [0.3, 0.4) is 0 Å². The first-order valence-electron chi connectivity index (χ1n) is 4.33. The molecule has 3 nitrogen and oxygen atoms in total. The normalized spacial score (nSPS) is 10.1. The largest absolute Gasteiger partial charge is 0.306 e. The van der Waals surface area contributed by atoms with E-state index < -0.39 is 5.95 Å². The van der Waals surface area contributed by atoms with Crippen molar-refractivity contribution in [2.24, 2.45) is 0 Å². The molecule has 0 atom stereocenters. The molecule has 2 heterocycles. The summed E-state index contributed by atoms with van der Waals surface area (Å²) in [6, 6.07) is 5.93. The predicted molar refractivity (Wildman–Crippen MR) is 64.2 cm³/mol. The van der Waals surface area contributed by atoms with Crippen molar-refractivity contribution in [2.45, 2.75) is 0 Å². The molecule has 0 radical (unpaired) electrons. The van der Waals surface area contributed by atoms with Gasteiger partial charge in [-0.15, -0.1) is 11.3 Å². The zero-order valence-electron chi connectivity index (χ0n) is 7.91. The van der Waals surface area contributed by atoms with Crippen molar-refractivity contribution in [3.8, 4) is 0 Å². The molecule has 16 heavy (non-hydrogen) atoms. The van der Waals surface area contributed by atoms with E-state index in [-0.39, 0.29) is 11.7 Å². The summed E-state index contributed by atoms with van der Waals surface area (Å²) in [7, 11) is 0. The number of aromatic nitrogens is 1. The van der Waals surface area contributed by atoms with Gasteiger partial charge in [0.15, 0.2) is 0 Å². The minimum atomic E-state index is -0.621. The number of nitrogens with zero attached hydrogens (tertiary/aromatic N) is 1. The smallest absolute Gasteiger partial charge is 0.257 e. The van der Waals surface area contributed by atoms with Crippen LogP contribution in [0.1, 0.15) is 10.4 Å². The van der Waals surface area contributed by atoms with Gasteiger partial charge in [0.25, 0.3) is 5.91 Å². The lowest BCUT2D eigenvalue weighted by atomic mass is 10.3. The van der Waals surface area contributed by atoms with Crippen LogP contribution < -0.4 is 5.32 Å². The Morgan fingerprint density at radius 3 is 2.94 bits per heavy atom. The fraction of sp³-hybridized carbons (Fsp3) is 0. The van der Waals surface area contributed by atoms with E-state index in [1.54, 1.807) is 11.4 Å². The van der Waals surface area contributed by atoms with Gasteiger partial charge >= 0.3 is 0 Å². The van der Waals surface area contributed by atoms with Crippen molar-refractivity contribution >= 4 is 39.0 Å². The van der Waals surface area contributed by atoms with Gasteiger partial charge in [0.2, 0.25) is 5.95 Å². The van der Waals surface area contributed by atoms with E-state index in [1.165, 1.54) is 29.5 Å². The summed E-state index contributed by atoms with van der Waals surface area (Å²) in [4.78, 5) is 15.2. The Bertz CT molecular complexity index is 529. The molecular formula is C10H6BrFN2OS. The van der Waals surface area contributed by atoms with E-state index in [0.29, 0.717) is 5.56 Å². The second-order valence-electron chi connectivity index (χ2n) is 2.94. The molecule has 0 aromatic carbocycles. The molecule has 0 aliphatic carbocycles. The van der Waals surface area contributed by atoms with Gasteiger partial charge in [0.05, 0.1) is 9.35 Å². The van der Waals surface area contributed by atoms with Crippen molar-refractivity contribution < 1.29 is 9.18 Å². The molecule has 0 aliphatic heterocycles. The minimum absolute atomic E-state index is 0.201. The fourth-order valence-electron chi connectivity index (χ4n) is 1.10. The van der Waals surface area contributed by atoms with Crippen LogP contribution in [-0.4, -0.2) is 10.9 Å². The third kappa shape index (κ3) is 2.65. The van der Waals surface area contributed by atoms with Gasteiger partial charge in [-0.25, -0.2) is 4.98 Å². The molecule has 0 bridgehead atoms. The maximum Gasteiger partial charge on any atom is 0.257 e. The number of nitrogens with one attached hydrogen (secondary N) is 1. The minimum Gasteiger partial charge on any atom is -0.306 e. The standard InChI is InChI=1S/C10H6BrFN2OS/c11-7-4-6(5-16-7)10(15)14-9-3-1-2-8(12)13-9/h1-5H,(H,13,14,15). The van der Waals surface area contributed by atoms with Crippen LogP contribution >= 0.6 is 27.3 Å². The monoisotopic (exact) mass is 300 g/mol. The summed E-state index contributed by atoms with van der Waals surface area (Å²) in [5.41, 5.74) is 0.517. The highest BCUT2D eigenvalue weighted by atomic mass is 79.9. The number of carbonyl (C=O) groups is 1. The summed E-state index contributed by atoms with van der Waals surface area (Å²) >= 11 is 4.67. The quantitative estimate of drug-likeness (QED) is 0.865. The zero-order valence-corrected chi connectivity index (χ0v) is 10.3. The Hall–Kier alpha value is -1.27. The first-order chi connectivity index (χ1) is 7.65. The second kappa shape index (κ2) is 4.71. The molecule has 0 aliphatic rings. The van der Waals surface area contributed by atoms with Crippen molar-refractivity contribution in [3.05, 3.63) is 44.9 Å². The average Bonchev–Trinajstić information content (AvgIpc) is 2.65. The lowest BCUT2D eigenvalue weighted by Crippen LogP contribution is -2.12. The van der Waals surface area contributed by atoms with Crippen LogP contribution in [0.25, 0.3) is 0 Å². The van der Waals surface area contributed by atoms with E-state index in [9.17, 15) is 9.18 Å². The van der Waals surface area contributed by atoms with E-state index in [0.717, 1.165) is 3.79 Å². The summed E-state index contributed by atoms with van der Waals surface area (Å²) in [6.07, 6.45) is 0. The highest BCUT2D eigenvalue weighted by Gasteiger charge is 2.08. The Kier molecular flexibility index (Phi) is 3.31. The Labute approximate surface area is 103 Å². The molecule has 0 saturated heterocycles. The maximum absolute atomic E-state index is 12.8. The lowest BCUT2D eigenvalue weighted by molar-refractivity contribution is 0.102. The average molecular weight is 301 g/mol. The topological polar surface area (TPSA) is 42.0 Å². The molecule has 0 saturated carbocycles. The van der Waals surface area contributed by atoms with E-state index >= 15 is 0 Å². The summed E-state index contributed by atoms with van der Waals surface area (Å²) < 4.78 is 13.6. The van der Waals surface area contributed by atoms with Crippen molar-refractivity contribution in [1.29, 1.82) is 0 Å². The Balaban J connectivity index is 2.13. The van der Waals surface area contributed by atoms with E-state index in [2.05, 4.69) is 26.2 Å². The number of pyridine rings is 1. The zero-order chi connectivity index (χ0) is 11.5. The Morgan fingerprint density at radius 1 is 1.50 bits per heavy atom. The SMILES string of the molecule is O=C(Nc1cccc(F)n1)c1csc(Br)c1. The maximum atomic E-state index is 12.8. The lowest BCUT2D eigenvalue weighted by Gasteiger charge is -2.01. The molecule has 1 N–H and O–H groups in total. The number of anilines is 1. The van der Waals surface area contributed by atoms with Crippen molar-refractivity contribution in [1.82, 2.24) is 4.98 Å². The number of rotatable bonds is 2. The van der Waals surface area contributed by atoms with Gasteiger partial charge in [-0.1, -0.05) is 6.07 Å². The first-order valence-corrected chi connectivity index (χ1v) is 6.00. The Morgan fingerprint density at radius 2 is 2.31 bits per heavy atom. The molecule has 0 unspecified atom stereocenters. The fourth-order valence-corrected chi connectivity index (χ4v) is 2.23. The van der Waals surface area contributed by atoms with Gasteiger partial charge in [-0.05, 0) is 34.1 Å². The highest BCUT2D eigenvalue weighted by molar-refractivity contribution is 9.11. The van der Waals surface area contributed by atoms with E-state index in [4.69, 9.17) is 0 Å². The summed E-state index contributed by atoms with van der Waals surface area (Å²) in [5.74, 6) is -0.725. The van der Waals surface area contributed by atoms with Crippen LogP contribution in [-0.2, 0) is 0 Å². The van der Waals surface area contributed by atoms with Gasteiger partial charge in [-0.2, -0.15) is 4.39 Å². The molecule has 82 valence electrons. The molecule has 0 fully saturated rings. The molecule has 0 spiro atoms. The summed E-state index contributed by atoms with van der Waals surface area (Å²) in [5, 5.41) is 4.22. The number of carbonyl (C=O) groups excluding carboxylic acids is 1. The number of hydrogen-bond donors (Lipinski definition) is 1. The molecule has 1 amide bonds. The van der Waals surface area contributed by atoms with Crippen LogP contribution in [0.5, 0.6) is 0 Å². The third-order valence-electron chi connectivity index (χ3n) is 1.79. The van der Waals surface area contributed by atoms with Crippen molar-refractivity contribution in [3.63, 3.8) is 0 Å². The molecule has 6 heteroatoms. The highest BCUT2D eigenvalue weighted by Crippen LogP contribution is 2.21. The number of halogens is 2. The molecular weight excluding hydrogens is 295 g/mol. The number of amides is 1. The molecule has 2 aromatic rings. The third-order valence-corrected chi connectivity index (χ3v) is 3.29.